The highest BCUT2D eigenvalue weighted by Gasteiger charge is 2.16. The molecule has 2 aromatic rings. The van der Waals surface area contributed by atoms with Gasteiger partial charge >= 0.3 is 0 Å². The number of carbonyl (C=O) groups is 1. The zero-order chi connectivity index (χ0) is 17.7. The molecule has 0 aliphatic rings. The van der Waals surface area contributed by atoms with Gasteiger partial charge in [0.2, 0.25) is 0 Å². The Morgan fingerprint density at radius 1 is 1.25 bits per heavy atom. The standard InChI is InChI=1S/C18H16Cl2N2O2/c1-3-22(4-2)18(23)12(11-21)9-14-6-8-17(24-14)15-10-13(19)5-7-16(15)20/h5-10H,3-4H2,1-2H3/b12-9+. The van der Waals surface area contributed by atoms with E-state index in [1.165, 1.54) is 6.08 Å². The minimum absolute atomic E-state index is 0.0248. The molecule has 124 valence electrons. The molecule has 0 aliphatic carbocycles. The minimum atomic E-state index is -0.318. The Morgan fingerprint density at radius 2 is 1.96 bits per heavy atom. The minimum Gasteiger partial charge on any atom is -0.457 e. The molecule has 24 heavy (non-hydrogen) atoms. The van der Waals surface area contributed by atoms with Crippen LogP contribution in [0, 0.1) is 11.3 Å². The van der Waals surface area contributed by atoms with E-state index in [4.69, 9.17) is 27.6 Å². The van der Waals surface area contributed by atoms with E-state index in [0.717, 1.165) is 0 Å². The Balaban J connectivity index is 2.34. The Bertz CT molecular complexity index is 815. The lowest BCUT2D eigenvalue weighted by Gasteiger charge is -2.17. The summed E-state index contributed by atoms with van der Waals surface area (Å²) in [7, 11) is 0. The number of nitrogens with zero attached hydrogens (tertiary/aromatic N) is 2. The molecule has 1 heterocycles. The van der Waals surface area contributed by atoms with Crippen molar-refractivity contribution in [2.24, 2.45) is 0 Å². The van der Waals surface area contributed by atoms with Gasteiger partial charge in [0, 0.05) is 29.8 Å². The van der Waals surface area contributed by atoms with Crippen LogP contribution >= 0.6 is 23.2 Å². The lowest BCUT2D eigenvalue weighted by Crippen LogP contribution is -2.31. The Hall–Kier alpha value is -2.22. The molecule has 0 unspecified atom stereocenters. The summed E-state index contributed by atoms with van der Waals surface area (Å²) in [5.74, 6) is 0.598. The van der Waals surface area contributed by atoms with Crippen LogP contribution in [0.25, 0.3) is 17.4 Å². The van der Waals surface area contributed by atoms with Crippen molar-refractivity contribution in [3.8, 4) is 17.4 Å². The maximum absolute atomic E-state index is 12.3. The summed E-state index contributed by atoms with van der Waals surface area (Å²) in [5.41, 5.74) is 0.675. The molecular weight excluding hydrogens is 347 g/mol. The predicted octanol–water partition coefficient (Wildman–Crippen LogP) is 5.03. The second-order valence-corrected chi connectivity index (χ2v) is 5.82. The van der Waals surface area contributed by atoms with Crippen molar-refractivity contribution in [1.29, 1.82) is 5.26 Å². The number of halogens is 2. The lowest BCUT2D eigenvalue weighted by atomic mass is 10.2. The van der Waals surface area contributed by atoms with Crippen LogP contribution in [0.4, 0.5) is 0 Å². The van der Waals surface area contributed by atoms with Crippen molar-refractivity contribution in [3.05, 3.63) is 51.7 Å². The van der Waals surface area contributed by atoms with Crippen LogP contribution in [0.5, 0.6) is 0 Å². The van der Waals surface area contributed by atoms with Gasteiger partial charge in [-0.1, -0.05) is 23.2 Å². The largest absolute Gasteiger partial charge is 0.457 e. The molecule has 4 nitrogen and oxygen atoms in total. The third kappa shape index (κ3) is 4.00. The molecule has 0 aliphatic heterocycles. The van der Waals surface area contributed by atoms with Gasteiger partial charge in [-0.05, 0) is 44.2 Å². The Morgan fingerprint density at radius 3 is 2.58 bits per heavy atom. The fourth-order valence-corrected chi connectivity index (χ4v) is 2.61. The van der Waals surface area contributed by atoms with E-state index in [9.17, 15) is 10.1 Å². The van der Waals surface area contributed by atoms with Gasteiger partial charge in [-0.25, -0.2) is 0 Å². The van der Waals surface area contributed by atoms with Gasteiger partial charge in [-0.3, -0.25) is 4.79 Å². The van der Waals surface area contributed by atoms with E-state index >= 15 is 0 Å². The quantitative estimate of drug-likeness (QED) is 0.553. The van der Waals surface area contributed by atoms with Crippen molar-refractivity contribution in [1.82, 2.24) is 4.90 Å². The van der Waals surface area contributed by atoms with Crippen molar-refractivity contribution < 1.29 is 9.21 Å². The first-order chi connectivity index (χ1) is 11.5. The molecule has 0 spiro atoms. The third-order valence-electron chi connectivity index (χ3n) is 3.51. The maximum Gasteiger partial charge on any atom is 0.264 e. The Labute approximate surface area is 150 Å². The molecule has 0 radical (unpaired) electrons. The number of carbonyl (C=O) groups excluding carboxylic acids is 1. The molecule has 1 aromatic carbocycles. The first-order valence-corrected chi connectivity index (χ1v) is 8.22. The normalized spacial score (nSPS) is 11.2. The zero-order valence-corrected chi connectivity index (χ0v) is 14.9. The van der Waals surface area contributed by atoms with E-state index in [0.29, 0.717) is 40.2 Å². The number of rotatable bonds is 5. The molecule has 0 atom stereocenters. The summed E-state index contributed by atoms with van der Waals surface area (Å²) in [6.07, 6.45) is 1.43. The highest BCUT2D eigenvalue weighted by atomic mass is 35.5. The molecule has 0 saturated carbocycles. The summed E-state index contributed by atoms with van der Waals surface area (Å²) >= 11 is 12.1. The van der Waals surface area contributed by atoms with Crippen molar-refractivity contribution in [2.45, 2.75) is 13.8 Å². The molecule has 0 N–H and O–H groups in total. The summed E-state index contributed by atoms with van der Waals surface area (Å²) in [6, 6.07) is 10.4. The second-order valence-electron chi connectivity index (χ2n) is 4.97. The van der Waals surface area contributed by atoms with Gasteiger partial charge in [0.15, 0.2) is 0 Å². The van der Waals surface area contributed by atoms with Crippen LogP contribution in [0.1, 0.15) is 19.6 Å². The number of hydrogen-bond acceptors (Lipinski definition) is 3. The molecule has 0 bridgehead atoms. The SMILES string of the molecule is CCN(CC)C(=O)/C(C#N)=C/c1ccc(-c2cc(Cl)ccc2Cl)o1. The first kappa shape index (κ1) is 18.1. The molecule has 1 amide bonds. The van der Waals surface area contributed by atoms with Crippen LogP contribution in [0.2, 0.25) is 10.0 Å². The molecule has 0 fully saturated rings. The average molecular weight is 363 g/mol. The van der Waals surface area contributed by atoms with E-state index in [2.05, 4.69) is 0 Å². The van der Waals surface area contributed by atoms with E-state index in [1.807, 2.05) is 19.9 Å². The van der Waals surface area contributed by atoms with E-state index < -0.39 is 0 Å². The van der Waals surface area contributed by atoms with Crippen molar-refractivity contribution >= 4 is 35.2 Å². The van der Waals surface area contributed by atoms with Gasteiger partial charge < -0.3 is 9.32 Å². The fraction of sp³-hybridized carbons (Fsp3) is 0.222. The fourth-order valence-electron chi connectivity index (χ4n) is 2.23. The van der Waals surface area contributed by atoms with Gasteiger partial charge in [0.25, 0.3) is 5.91 Å². The van der Waals surface area contributed by atoms with Crippen LogP contribution in [-0.4, -0.2) is 23.9 Å². The molecule has 1 aromatic heterocycles. The van der Waals surface area contributed by atoms with Gasteiger partial charge in [-0.15, -0.1) is 0 Å². The van der Waals surface area contributed by atoms with E-state index in [1.54, 1.807) is 35.2 Å². The summed E-state index contributed by atoms with van der Waals surface area (Å²) < 4.78 is 5.69. The van der Waals surface area contributed by atoms with Crippen LogP contribution in [0.3, 0.4) is 0 Å². The highest BCUT2D eigenvalue weighted by Crippen LogP contribution is 2.32. The molecule has 6 heteroatoms. The van der Waals surface area contributed by atoms with Gasteiger partial charge in [-0.2, -0.15) is 5.26 Å². The second kappa shape index (κ2) is 8.05. The van der Waals surface area contributed by atoms with Crippen LogP contribution in [-0.2, 0) is 4.79 Å². The number of hydrogen-bond donors (Lipinski definition) is 0. The number of furan rings is 1. The Kier molecular flexibility index (Phi) is 6.08. The maximum atomic E-state index is 12.3. The number of amides is 1. The predicted molar refractivity (Wildman–Crippen MR) is 95.7 cm³/mol. The average Bonchev–Trinajstić information content (AvgIpc) is 3.04. The summed E-state index contributed by atoms with van der Waals surface area (Å²) in [4.78, 5) is 13.8. The lowest BCUT2D eigenvalue weighted by molar-refractivity contribution is -0.126. The van der Waals surface area contributed by atoms with Crippen molar-refractivity contribution in [3.63, 3.8) is 0 Å². The smallest absolute Gasteiger partial charge is 0.264 e. The van der Waals surface area contributed by atoms with Crippen LogP contribution < -0.4 is 0 Å². The summed E-state index contributed by atoms with van der Waals surface area (Å²) in [6.45, 7) is 4.80. The number of nitriles is 1. The van der Waals surface area contributed by atoms with Gasteiger partial charge in [0.1, 0.15) is 23.2 Å². The summed E-state index contributed by atoms with van der Waals surface area (Å²) in [5, 5.41) is 10.3. The topological polar surface area (TPSA) is 57.2 Å². The number of benzene rings is 1. The first-order valence-electron chi connectivity index (χ1n) is 7.46. The zero-order valence-electron chi connectivity index (χ0n) is 13.3. The highest BCUT2D eigenvalue weighted by molar-refractivity contribution is 6.35. The van der Waals surface area contributed by atoms with E-state index in [-0.39, 0.29) is 11.5 Å². The molecule has 2 rings (SSSR count). The van der Waals surface area contributed by atoms with Crippen molar-refractivity contribution in [2.75, 3.05) is 13.1 Å². The van der Waals surface area contributed by atoms with Crippen LogP contribution in [0.15, 0.2) is 40.3 Å². The van der Waals surface area contributed by atoms with Gasteiger partial charge in [0.05, 0.1) is 5.02 Å². The number of likely N-dealkylation sites (N-methyl/N-ethyl adjacent to an activating group) is 1. The monoisotopic (exact) mass is 362 g/mol. The molecular formula is C18H16Cl2N2O2. The molecule has 0 saturated heterocycles. The third-order valence-corrected chi connectivity index (χ3v) is 4.07.